The molecule has 1 fully saturated rings. The van der Waals surface area contributed by atoms with E-state index in [4.69, 9.17) is 0 Å². The summed E-state index contributed by atoms with van der Waals surface area (Å²) in [6.45, 7) is 1.68. The molecule has 0 N–H and O–H groups in total. The molecule has 0 saturated carbocycles. The first-order valence-electron chi connectivity index (χ1n) is 7.96. The van der Waals surface area contributed by atoms with Gasteiger partial charge in [0.1, 0.15) is 5.82 Å². The van der Waals surface area contributed by atoms with Gasteiger partial charge < -0.3 is 4.90 Å². The van der Waals surface area contributed by atoms with Gasteiger partial charge >= 0.3 is 0 Å². The van der Waals surface area contributed by atoms with Crippen molar-refractivity contribution in [1.29, 1.82) is 0 Å². The molecule has 1 atom stereocenters. The lowest BCUT2D eigenvalue weighted by molar-refractivity contribution is 0.0741. The van der Waals surface area contributed by atoms with Crippen LogP contribution in [-0.4, -0.2) is 53.6 Å². The standard InChI is InChI=1S/C17H20FN3O3S/c1-11-8-12(4-5-14(11)18)16-9-15(19-21(16)3)17(22)20(2)13-6-7-25(23,24)10-13/h4-5,8-9,13H,6-7,10H2,1-3H3. The van der Waals surface area contributed by atoms with Crippen LogP contribution in [0.2, 0.25) is 0 Å². The number of benzene rings is 1. The Morgan fingerprint density at radius 3 is 2.68 bits per heavy atom. The van der Waals surface area contributed by atoms with Crippen LogP contribution in [0.25, 0.3) is 11.3 Å². The maximum atomic E-state index is 13.5. The highest BCUT2D eigenvalue weighted by Gasteiger charge is 2.33. The van der Waals surface area contributed by atoms with E-state index < -0.39 is 9.84 Å². The number of sulfone groups is 1. The monoisotopic (exact) mass is 365 g/mol. The minimum atomic E-state index is -3.07. The van der Waals surface area contributed by atoms with Crippen LogP contribution in [-0.2, 0) is 16.9 Å². The highest BCUT2D eigenvalue weighted by molar-refractivity contribution is 7.91. The Bertz CT molecular complexity index is 937. The quantitative estimate of drug-likeness (QED) is 0.831. The topological polar surface area (TPSA) is 72.3 Å². The van der Waals surface area contributed by atoms with Crippen LogP contribution < -0.4 is 0 Å². The van der Waals surface area contributed by atoms with Crippen LogP contribution in [0.15, 0.2) is 24.3 Å². The Morgan fingerprint density at radius 2 is 2.08 bits per heavy atom. The zero-order valence-electron chi connectivity index (χ0n) is 14.4. The van der Waals surface area contributed by atoms with Crippen LogP contribution in [0, 0.1) is 12.7 Å². The molecule has 134 valence electrons. The molecular formula is C17H20FN3O3S. The minimum absolute atomic E-state index is 0.00785. The number of hydrogen-bond donors (Lipinski definition) is 0. The average Bonchev–Trinajstić information content (AvgIpc) is 3.11. The molecule has 0 aliphatic carbocycles. The Hall–Kier alpha value is -2.22. The fraction of sp³-hybridized carbons (Fsp3) is 0.412. The van der Waals surface area contributed by atoms with Gasteiger partial charge in [0.2, 0.25) is 0 Å². The maximum Gasteiger partial charge on any atom is 0.274 e. The number of nitrogens with zero attached hydrogens (tertiary/aromatic N) is 3. The summed E-state index contributed by atoms with van der Waals surface area (Å²) in [6, 6.07) is 6.05. The molecular weight excluding hydrogens is 345 g/mol. The van der Waals surface area contributed by atoms with Crippen molar-refractivity contribution < 1.29 is 17.6 Å². The molecule has 25 heavy (non-hydrogen) atoms. The first-order valence-corrected chi connectivity index (χ1v) is 9.78. The Morgan fingerprint density at radius 1 is 1.36 bits per heavy atom. The van der Waals surface area contributed by atoms with Gasteiger partial charge in [0.15, 0.2) is 15.5 Å². The van der Waals surface area contributed by atoms with Crippen LogP contribution in [0.1, 0.15) is 22.5 Å². The number of halogens is 1. The van der Waals surface area contributed by atoms with Gasteiger partial charge in [-0.05, 0) is 43.2 Å². The van der Waals surface area contributed by atoms with E-state index in [-0.39, 0.29) is 35.0 Å². The first-order chi connectivity index (χ1) is 11.7. The molecule has 2 heterocycles. The molecule has 0 radical (unpaired) electrons. The van der Waals surface area contributed by atoms with Crippen molar-refractivity contribution in [1.82, 2.24) is 14.7 Å². The molecule has 2 aromatic rings. The molecule has 8 heteroatoms. The Kier molecular flexibility index (Phi) is 4.40. The van der Waals surface area contributed by atoms with E-state index in [0.717, 1.165) is 5.56 Å². The zero-order valence-corrected chi connectivity index (χ0v) is 15.2. The van der Waals surface area contributed by atoms with Gasteiger partial charge in [-0.15, -0.1) is 0 Å². The number of hydrogen-bond acceptors (Lipinski definition) is 4. The third kappa shape index (κ3) is 3.44. The molecule has 1 aliphatic heterocycles. The number of rotatable bonds is 3. The number of carbonyl (C=O) groups is 1. The highest BCUT2D eigenvalue weighted by atomic mass is 32.2. The van der Waals surface area contributed by atoms with Gasteiger partial charge in [0.05, 0.1) is 17.2 Å². The maximum absolute atomic E-state index is 13.5. The van der Waals surface area contributed by atoms with E-state index in [2.05, 4.69) is 5.10 Å². The fourth-order valence-electron chi connectivity index (χ4n) is 3.07. The number of aromatic nitrogens is 2. The van der Waals surface area contributed by atoms with Gasteiger partial charge in [-0.25, -0.2) is 12.8 Å². The molecule has 1 unspecified atom stereocenters. The lowest BCUT2D eigenvalue weighted by Crippen LogP contribution is -2.38. The van der Waals surface area contributed by atoms with Crippen molar-refractivity contribution in [3.8, 4) is 11.3 Å². The molecule has 3 rings (SSSR count). The van der Waals surface area contributed by atoms with Gasteiger partial charge in [-0.2, -0.15) is 5.10 Å². The predicted molar refractivity (Wildman–Crippen MR) is 92.5 cm³/mol. The average molecular weight is 365 g/mol. The summed E-state index contributed by atoms with van der Waals surface area (Å²) >= 11 is 0. The van der Waals surface area contributed by atoms with E-state index in [1.54, 1.807) is 43.9 Å². The van der Waals surface area contributed by atoms with Gasteiger partial charge in [0.25, 0.3) is 5.91 Å². The number of carbonyl (C=O) groups excluding carboxylic acids is 1. The second-order valence-electron chi connectivity index (χ2n) is 6.48. The van der Waals surface area contributed by atoms with Gasteiger partial charge in [0, 0.05) is 25.7 Å². The number of aryl methyl sites for hydroxylation is 2. The molecule has 1 amide bonds. The van der Waals surface area contributed by atoms with E-state index in [0.29, 0.717) is 17.7 Å². The van der Waals surface area contributed by atoms with Crippen molar-refractivity contribution in [3.05, 3.63) is 41.3 Å². The molecule has 1 aromatic heterocycles. The summed E-state index contributed by atoms with van der Waals surface area (Å²) in [6.07, 6.45) is 0.446. The zero-order chi connectivity index (χ0) is 18.4. The molecule has 6 nitrogen and oxygen atoms in total. The van der Waals surface area contributed by atoms with Crippen LogP contribution in [0.4, 0.5) is 4.39 Å². The summed E-state index contributed by atoms with van der Waals surface area (Å²) in [4.78, 5) is 14.1. The normalized spacial score (nSPS) is 19.1. The molecule has 1 saturated heterocycles. The summed E-state index contributed by atoms with van der Waals surface area (Å²) in [5.74, 6) is -0.504. The third-order valence-corrected chi connectivity index (χ3v) is 6.38. The minimum Gasteiger partial charge on any atom is -0.336 e. The molecule has 1 aromatic carbocycles. The predicted octanol–water partition coefficient (Wildman–Crippen LogP) is 1.79. The third-order valence-electron chi connectivity index (χ3n) is 4.63. The van der Waals surface area contributed by atoms with E-state index in [1.807, 2.05) is 0 Å². The Labute approximate surface area is 146 Å². The second kappa shape index (κ2) is 6.25. The highest BCUT2D eigenvalue weighted by Crippen LogP contribution is 2.24. The first kappa shape index (κ1) is 17.6. The summed E-state index contributed by atoms with van der Waals surface area (Å²) in [5.41, 5.74) is 2.21. The van der Waals surface area contributed by atoms with Gasteiger partial charge in [-0.3, -0.25) is 9.48 Å². The second-order valence-corrected chi connectivity index (χ2v) is 8.70. The van der Waals surface area contributed by atoms with Crippen molar-refractivity contribution >= 4 is 15.7 Å². The lowest BCUT2D eigenvalue weighted by Gasteiger charge is -2.22. The smallest absolute Gasteiger partial charge is 0.274 e. The molecule has 1 aliphatic rings. The van der Waals surface area contributed by atoms with Crippen LogP contribution >= 0.6 is 0 Å². The molecule has 0 spiro atoms. The lowest BCUT2D eigenvalue weighted by atomic mass is 10.1. The van der Waals surface area contributed by atoms with Crippen molar-refractivity contribution in [2.45, 2.75) is 19.4 Å². The summed E-state index contributed by atoms with van der Waals surface area (Å²) < 4.78 is 38.3. The van der Waals surface area contributed by atoms with E-state index in [1.165, 1.54) is 11.0 Å². The number of amides is 1. The van der Waals surface area contributed by atoms with Crippen LogP contribution in [0.3, 0.4) is 0 Å². The fourth-order valence-corrected chi connectivity index (χ4v) is 4.85. The van der Waals surface area contributed by atoms with Gasteiger partial charge in [-0.1, -0.05) is 0 Å². The molecule has 0 bridgehead atoms. The summed E-state index contributed by atoms with van der Waals surface area (Å²) in [5, 5.41) is 4.25. The summed E-state index contributed by atoms with van der Waals surface area (Å²) in [7, 11) is 0.249. The van der Waals surface area contributed by atoms with Crippen molar-refractivity contribution in [2.24, 2.45) is 7.05 Å². The SMILES string of the molecule is Cc1cc(-c2cc(C(=O)N(C)C3CCS(=O)(=O)C3)nn2C)ccc1F. The van der Waals surface area contributed by atoms with Crippen LogP contribution in [0.5, 0.6) is 0 Å². The largest absolute Gasteiger partial charge is 0.336 e. The van der Waals surface area contributed by atoms with E-state index >= 15 is 0 Å². The van der Waals surface area contributed by atoms with Crippen molar-refractivity contribution in [3.63, 3.8) is 0 Å². The van der Waals surface area contributed by atoms with E-state index in [9.17, 15) is 17.6 Å². The van der Waals surface area contributed by atoms with Crippen molar-refractivity contribution in [2.75, 3.05) is 18.6 Å². The Balaban J connectivity index is 1.86.